The lowest BCUT2D eigenvalue weighted by molar-refractivity contribution is -0.384. The van der Waals surface area contributed by atoms with Crippen LogP contribution in [0.1, 0.15) is 42.5 Å². The van der Waals surface area contributed by atoms with Crippen molar-refractivity contribution in [2.45, 2.75) is 53.1 Å². The number of nitro groups is 1. The summed E-state index contributed by atoms with van der Waals surface area (Å²) in [6.45, 7) is 10.3. The minimum Gasteiger partial charge on any atom is -0.487 e. The highest BCUT2D eigenvalue weighted by molar-refractivity contribution is 5.60. The minimum absolute atomic E-state index is 0.0537. The van der Waals surface area contributed by atoms with Crippen LogP contribution in [0.2, 0.25) is 0 Å². The van der Waals surface area contributed by atoms with Crippen LogP contribution in [0, 0.1) is 30.9 Å². The van der Waals surface area contributed by atoms with Crippen molar-refractivity contribution in [1.29, 1.82) is 0 Å². The first kappa shape index (κ1) is 17.3. The number of nitro benzene ring substituents is 1. The Hall–Kier alpha value is -2.56. The SMILES string of the molecule is Cc1c(C)c2c(c(C)c1Oc1ccc([N+](=O)[O-])cc1)CCC(C)(C)O2. The Morgan fingerprint density at radius 3 is 2.32 bits per heavy atom. The molecular formula is C20H23NO4. The highest BCUT2D eigenvalue weighted by Gasteiger charge is 2.31. The molecule has 0 bridgehead atoms. The van der Waals surface area contributed by atoms with Crippen LogP contribution < -0.4 is 9.47 Å². The van der Waals surface area contributed by atoms with Crippen LogP contribution in [0.5, 0.6) is 17.2 Å². The molecule has 0 saturated heterocycles. The lowest BCUT2D eigenvalue weighted by atomic mass is 9.88. The van der Waals surface area contributed by atoms with Gasteiger partial charge in [0, 0.05) is 17.7 Å². The van der Waals surface area contributed by atoms with Gasteiger partial charge in [-0.2, -0.15) is 0 Å². The van der Waals surface area contributed by atoms with Gasteiger partial charge in [0.1, 0.15) is 22.8 Å². The smallest absolute Gasteiger partial charge is 0.269 e. The molecule has 0 unspecified atom stereocenters. The molecule has 5 heteroatoms. The molecule has 0 aromatic heterocycles. The lowest BCUT2D eigenvalue weighted by Crippen LogP contribution is -2.33. The van der Waals surface area contributed by atoms with E-state index in [1.54, 1.807) is 12.1 Å². The van der Waals surface area contributed by atoms with Gasteiger partial charge in [0.2, 0.25) is 0 Å². The molecule has 0 aliphatic carbocycles. The molecule has 1 aliphatic rings. The second kappa shape index (κ2) is 6.06. The zero-order valence-electron chi connectivity index (χ0n) is 15.3. The van der Waals surface area contributed by atoms with E-state index in [2.05, 4.69) is 20.8 Å². The van der Waals surface area contributed by atoms with Gasteiger partial charge >= 0.3 is 0 Å². The van der Waals surface area contributed by atoms with Crippen LogP contribution in [-0.4, -0.2) is 10.5 Å². The first-order valence-corrected chi connectivity index (χ1v) is 8.43. The molecule has 5 nitrogen and oxygen atoms in total. The zero-order valence-corrected chi connectivity index (χ0v) is 15.3. The van der Waals surface area contributed by atoms with Crippen molar-refractivity contribution in [2.75, 3.05) is 0 Å². The van der Waals surface area contributed by atoms with Crippen molar-refractivity contribution in [3.05, 3.63) is 56.6 Å². The summed E-state index contributed by atoms with van der Waals surface area (Å²) in [7, 11) is 0. The maximum absolute atomic E-state index is 10.8. The molecule has 25 heavy (non-hydrogen) atoms. The van der Waals surface area contributed by atoms with E-state index in [4.69, 9.17) is 9.47 Å². The molecule has 0 saturated carbocycles. The summed E-state index contributed by atoms with van der Waals surface area (Å²) >= 11 is 0. The first-order chi connectivity index (χ1) is 11.7. The summed E-state index contributed by atoms with van der Waals surface area (Å²) < 4.78 is 12.3. The van der Waals surface area contributed by atoms with Crippen LogP contribution in [0.25, 0.3) is 0 Å². The summed E-state index contributed by atoms with van der Waals surface area (Å²) in [5, 5.41) is 10.8. The second-order valence-corrected chi connectivity index (χ2v) is 7.23. The van der Waals surface area contributed by atoms with Crippen molar-refractivity contribution >= 4 is 5.69 Å². The van der Waals surface area contributed by atoms with Crippen LogP contribution in [0.15, 0.2) is 24.3 Å². The van der Waals surface area contributed by atoms with Crippen molar-refractivity contribution in [1.82, 2.24) is 0 Å². The molecule has 0 spiro atoms. The third-order valence-electron chi connectivity index (χ3n) is 4.93. The van der Waals surface area contributed by atoms with Crippen molar-refractivity contribution < 1.29 is 14.4 Å². The second-order valence-electron chi connectivity index (χ2n) is 7.23. The van der Waals surface area contributed by atoms with Crippen LogP contribution >= 0.6 is 0 Å². The third-order valence-corrected chi connectivity index (χ3v) is 4.93. The molecule has 0 fully saturated rings. The molecule has 132 valence electrons. The molecule has 0 radical (unpaired) electrons. The maximum atomic E-state index is 10.8. The average Bonchev–Trinajstić information content (AvgIpc) is 2.56. The normalized spacial score (nSPS) is 15.2. The standard InChI is InChI=1S/C20H23NO4/c1-12-13(2)19-17(10-11-20(4,5)25-19)14(3)18(12)24-16-8-6-15(7-9-16)21(22)23/h6-9H,10-11H2,1-5H3. The molecule has 3 rings (SSSR count). The largest absolute Gasteiger partial charge is 0.487 e. The van der Waals surface area contributed by atoms with Crippen LogP contribution in [0.4, 0.5) is 5.69 Å². The van der Waals surface area contributed by atoms with Crippen molar-refractivity contribution in [3.8, 4) is 17.2 Å². The van der Waals surface area contributed by atoms with Gasteiger partial charge in [-0.1, -0.05) is 0 Å². The molecule has 0 N–H and O–H groups in total. The molecule has 1 aliphatic heterocycles. The fourth-order valence-corrected chi connectivity index (χ4v) is 3.25. The van der Waals surface area contributed by atoms with E-state index in [9.17, 15) is 10.1 Å². The quantitative estimate of drug-likeness (QED) is 0.553. The van der Waals surface area contributed by atoms with E-state index in [0.29, 0.717) is 5.75 Å². The summed E-state index contributed by atoms with van der Waals surface area (Å²) in [6.07, 6.45) is 1.91. The lowest BCUT2D eigenvalue weighted by Gasteiger charge is -2.35. The van der Waals surface area contributed by atoms with Gasteiger partial charge in [0.25, 0.3) is 5.69 Å². The highest BCUT2D eigenvalue weighted by atomic mass is 16.6. The Labute approximate surface area is 147 Å². The Morgan fingerprint density at radius 2 is 1.72 bits per heavy atom. The monoisotopic (exact) mass is 341 g/mol. The van der Waals surface area contributed by atoms with E-state index in [-0.39, 0.29) is 11.3 Å². The minimum atomic E-state index is -0.414. The Kier molecular flexibility index (Phi) is 4.19. The van der Waals surface area contributed by atoms with Crippen LogP contribution in [-0.2, 0) is 6.42 Å². The Bertz CT molecular complexity index is 838. The van der Waals surface area contributed by atoms with E-state index in [1.807, 2.05) is 13.8 Å². The summed E-state index contributed by atoms with van der Waals surface area (Å²) in [6, 6.07) is 6.17. The molecule has 2 aromatic carbocycles. The van der Waals surface area contributed by atoms with Gasteiger partial charge in [0.05, 0.1) is 4.92 Å². The fraction of sp³-hybridized carbons (Fsp3) is 0.400. The van der Waals surface area contributed by atoms with E-state index in [1.165, 1.54) is 17.7 Å². The molecule has 0 atom stereocenters. The van der Waals surface area contributed by atoms with E-state index >= 15 is 0 Å². The number of ether oxygens (including phenoxy) is 2. The molecule has 1 heterocycles. The maximum Gasteiger partial charge on any atom is 0.269 e. The number of nitrogens with zero attached hydrogens (tertiary/aromatic N) is 1. The van der Waals surface area contributed by atoms with Crippen molar-refractivity contribution in [2.24, 2.45) is 0 Å². The Morgan fingerprint density at radius 1 is 1.08 bits per heavy atom. The first-order valence-electron chi connectivity index (χ1n) is 8.43. The number of non-ortho nitro benzene ring substituents is 1. The van der Waals surface area contributed by atoms with E-state index < -0.39 is 4.92 Å². The van der Waals surface area contributed by atoms with Gasteiger partial charge in [0.15, 0.2) is 0 Å². The topological polar surface area (TPSA) is 61.6 Å². The number of benzene rings is 2. The number of rotatable bonds is 3. The van der Waals surface area contributed by atoms with Gasteiger partial charge in [-0.15, -0.1) is 0 Å². The van der Waals surface area contributed by atoms with Crippen LogP contribution in [0.3, 0.4) is 0 Å². The number of hydrogen-bond donors (Lipinski definition) is 0. The summed E-state index contributed by atoms with van der Waals surface area (Å²) in [5.41, 5.74) is 4.29. The van der Waals surface area contributed by atoms with Crippen molar-refractivity contribution in [3.63, 3.8) is 0 Å². The molecule has 2 aromatic rings. The Balaban J connectivity index is 2.00. The highest BCUT2D eigenvalue weighted by Crippen LogP contribution is 2.44. The zero-order chi connectivity index (χ0) is 18.4. The van der Waals surface area contributed by atoms with Gasteiger partial charge in [-0.25, -0.2) is 0 Å². The molecular weight excluding hydrogens is 318 g/mol. The van der Waals surface area contributed by atoms with Gasteiger partial charge in [-0.3, -0.25) is 10.1 Å². The number of fused-ring (bicyclic) bond motifs is 1. The third kappa shape index (κ3) is 3.18. The van der Waals surface area contributed by atoms with Gasteiger partial charge in [-0.05, 0) is 76.3 Å². The van der Waals surface area contributed by atoms with E-state index in [0.717, 1.165) is 41.0 Å². The summed E-state index contributed by atoms with van der Waals surface area (Å²) in [4.78, 5) is 10.4. The predicted molar refractivity (Wildman–Crippen MR) is 96.9 cm³/mol. The van der Waals surface area contributed by atoms with Gasteiger partial charge < -0.3 is 9.47 Å². The average molecular weight is 341 g/mol. The fourth-order valence-electron chi connectivity index (χ4n) is 3.25. The summed E-state index contributed by atoms with van der Waals surface area (Å²) in [5.74, 6) is 2.38. The molecule has 0 amide bonds. The number of hydrogen-bond acceptors (Lipinski definition) is 4. The predicted octanol–water partition coefficient (Wildman–Crippen LogP) is 5.42.